The zero-order chi connectivity index (χ0) is 17.0. The fraction of sp³-hybridized carbons (Fsp3) is 0.231. The van der Waals surface area contributed by atoms with Crippen molar-refractivity contribution in [1.82, 2.24) is 9.78 Å². The molecule has 2 rings (SSSR count). The number of benzene rings is 1. The van der Waals surface area contributed by atoms with E-state index in [4.69, 9.17) is 27.9 Å². The van der Waals surface area contributed by atoms with E-state index in [1.165, 1.54) is 12.1 Å². The van der Waals surface area contributed by atoms with E-state index < -0.39 is 18.6 Å². The number of nitrogens with one attached hydrogen (secondary N) is 1. The maximum absolute atomic E-state index is 12.2. The molecule has 23 heavy (non-hydrogen) atoms. The van der Waals surface area contributed by atoms with Gasteiger partial charge in [0.15, 0.2) is 6.61 Å². The minimum absolute atomic E-state index is 0.130. The Morgan fingerprint density at radius 3 is 2.74 bits per heavy atom. The molecule has 0 bridgehead atoms. The number of anilines is 1. The Balaban J connectivity index is 1.87. The van der Waals surface area contributed by atoms with E-state index in [0.29, 0.717) is 9.70 Å². The summed E-state index contributed by atoms with van der Waals surface area (Å²) in [5.74, 6) is -0.304. The van der Waals surface area contributed by atoms with Gasteiger partial charge in [-0.1, -0.05) is 23.2 Å². The van der Waals surface area contributed by atoms with Crippen LogP contribution >= 0.6 is 23.2 Å². The third-order valence-electron chi connectivity index (χ3n) is 2.51. The van der Waals surface area contributed by atoms with Gasteiger partial charge in [0, 0.05) is 11.2 Å². The highest BCUT2D eigenvalue weighted by atomic mass is 35.5. The Hall–Kier alpha value is -1.93. The molecule has 0 atom stereocenters. The number of hydrogen-bond acceptors (Lipinski definition) is 3. The predicted octanol–water partition coefficient (Wildman–Crippen LogP) is 3.77. The number of ether oxygens (including phenoxy) is 1. The molecule has 0 aliphatic carbocycles. The molecule has 0 spiro atoms. The van der Waals surface area contributed by atoms with E-state index >= 15 is 0 Å². The third-order valence-corrected chi connectivity index (χ3v) is 3.04. The zero-order valence-corrected chi connectivity index (χ0v) is 12.9. The molecule has 0 saturated carbocycles. The molecule has 1 heterocycles. The van der Waals surface area contributed by atoms with E-state index in [9.17, 15) is 18.0 Å². The molecule has 0 aliphatic heterocycles. The van der Waals surface area contributed by atoms with Crippen LogP contribution in [-0.4, -0.2) is 28.5 Å². The van der Waals surface area contributed by atoms with Crippen molar-refractivity contribution in [3.8, 4) is 5.75 Å². The number of hydrogen-bond donors (Lipinski definition) is 1. The molecular formula is C13H10Cl2F3N3O2. The molecule has 0 fully saturated rings. The van der Waals surface area contributed by atoms with E-state index in [0.717, 1.165) is 12.4 Å². The van der Waals surface area contributed by atoms with Gasteiger partial charge in [-0.25, -0.2) is 0 Å². The minimum Gasteiger partial charge on any atom is -0.482 e. The predicted molar refractivity (Wildman–Crippen MR) is 78.9 cm³/mol. The van der Waals surface area contributed by atoms with E-state index in [2.05, 4.69) is 10.4 Å². The molecule has 0 saturated heterocycles. The van der Waals surface area contributed by atoms with Crippen molar-refractivity contribution in [2.45, 2.75) is 12.7 Å². The minimum atomic E-state index is -4.39. The maximum atomic E-state index is 12.2. The Kier molecular flexibility index (Phi) is 5.38. The molecule has 124 valence electrons. The summed E-state index contributed by atoms with van der Waals surface area (Å²) in [4.78, 5) is 11.7. The Bertz CT molecular complexity index is 704. The van der Waals surface area contributed by atoms with Crippen molar-refractivity contribution in [3.63, 3.8) is 0 Å². The molecule has 0 aliphatic rings. The highest BCUT2D eigenvalue weighted by molar-refractivity contribution is 6.35. The van der Waals surface area contributed by atoms with Crippen LogP contribution in [-0.2, 0) is 11.3 Å². The topological polar surface area (TPSA) is 56.1 Å². The average molecular weight is 368 g/mol. The van der Waals surface area contributed by atoms with Gasteiger partial charge in [0.2, 0.25) is 0 Å². The van der Waals surface area contributed by atoms with Gasteiger partial charge in [0.1, 0.15) is 12.3 Å². The zero-order valence-electron chi connectivity index (χ0n) is 11.4. The largest absolute Gasteiger partial charge is 0.482 e. The van der Waals surface area contributed by atoms with Crippen LogP contribution in [0.3, 0.4) is 0 Å². The highest BCUT2D eigenvalue weighted by Crippen LogP contribution is 2.27. The van der Waals surface area contributed by atoms with Crippen LogP contribution < -0.4 is 10.1 Å². The molecule has 1 aromatic carbocycles. The number of nitrogens with zero attached hydrogens (tertiary/aromatic N) is 2. The van der Waals surface area contributed by atoms with E-state index in [1.54, 1.807) is 6.07 Å². The summed E-state index contributed by atoms with van der Waals surface area (Å²) >= 11 is 11.6. The van der Waals surface area contributed by atoms with E-state index in [-0.39, 0.29) is 23.1 Å². The second-order valence-electron chi connectivity index (χ2n) is 4.45. The monoisotopic (exact) mass is 367 g/mol. The van der Waals surface area contributed by atoms with Crippen molar-refractivity contribution >= 4 is 34.8 Å². The summed E-state index contributed by atoms with van der Waals surface area (Å²) < 4.78 is 42.5. The average Bonchev–Trinajstić information content (AvgIpc) is 2.82. The summed E-state index contributed by atoms with van der Waals surface area (Å²) in [5, 5.41) is 6.53. The lowest BCUT2D eigenvalue weighted by molar-refractivity contribution is -0.142. The van der Waals surface area contributed by atoms with Gasteiger partial charge in [-0.2, -0.15) is 18.3 Å². The molecule has 0 unspecified atom stereocenters. The van der Waals surface area contributed by atoms with Gasteiger partial charge in [-0.15, -0.1) is 0 Å². The number of halogens is 5. The van der Waals surface area contributed by atoms with Gasteiger partial charge in [0.25, 0.3) is 5.91 Å². The lowest BCUT2D eigenvalue weighted by Gasteiger charge is -2.08. The molecule has 0 radical (unpaired) electrons. The molecule has 2 aromatic rings. The molecule has 1 N–H and O–H groups in total. The van der Waals surface area contributed by atoms with Gasteiger partial charge in [-0.05, 0) is 18.2 Å². The number of aromatic nitrogens is 2. The van der Waals surface area contributed by atoms with Crippen molar-refractivity contribution in [2.75, 3.05) is 11.9 Å². The number of rotatable bonds is 5. The Labute approximate surface area is 138 Å². The molecule has 10 heteroatoms. The lowest BCUT2D eigenvalue weighted by Crippen LogP contribution is -2.20. The van der Waals surface area contributed by atoms with Gasteiger partial charge in [0.05, 0.1) is 16.9 Å². The molecular weight excluding hydrogens is 358 g/mol. The Morgan fingerprint density at radius 1 is 1.35 bits per heavy atom. The number of carbonyl (C=O) groups is 1. The summed E-state index contributed by atoms with van der Waals surface area (Å²) in [7, 11) is 0. The SMILES string of the molecule is O=C(COc1ccc(Cl)cc1Cl)Nc1cnn(CC(F)(F)F)c1. The fourth-order valence-corrected chi connectivity index (χ4v) is 2.09. The first-order valence-electron chi connectivity index (χ1n) is 6.20. The van der Waals surface area contributed by atoms with Gasteiger partial charge >= 0.3 is 6.18 Å². The van der Waals surface area contributed by atoms with Crippen LogP contribution in [0.1, 0.15) is 0 Å². The van der Waals surface area contributed by atoms with Crippen molar-refractivity contribution in [2.24, 2.45) is 0 Å². The maximum Gasteiger partial charge on any atom is 0.408 e. The summed E-state index contributed by atoms with van der Waals surface area (Å²) in [6, 6.07) is 4.50. The van der Waals surface area contributed by atoms with Crippen molar-refractivity contribution in [3.05, 3.63) is 40.6 Å². The number of amides is 1. The molecule has 1 amide bonds. The van der Waals surface area contributed by atoms with Crippen LogP contribution in [0.5, 0.6) is 5.75 Å². The number of carbonyl (C=O) groups excluding carboxylic acids is 1. The van der Waals surface area contributed by atoms with Crippen molar-refractivity contribution < 1.29 is 22.7 Å². The van der Waals surface area contributed by atoms with Crippen LogP contribution in [0, 0.1) is 0 Å². The van der Waals surface area contributed by atoms with E-state index in [1.807, 2.05) is 0 Å². The second kappa shape index (κ2) is 7.10. The summed E-state index contributed by atoms with van der Waals surface area (Å²) in [6.07, 6.45) is -2.21. The van der Waals surface area contributed by atoms with Gasteiger partial charge in [-0.3, -0.25) is 9.48 Å². The Morgan fingerprint density at radius 2 is 2.09 bits per heavy atom. The molecule has 5 nitrogen and oxygen atoms in total. The first-order chi connectivity index (χ1) is 10.7. The summed E-state index contributed by atoms with van der Waals surface area (Å²) in [6.45, 7) is -1.61. The quantitative estimate of drug-likeness (QED) is 0.874. The normalized spacial score (nSPS) is 11.3. The first kappa shape index (κ1) is 17.4. The van der Waals surface area contributed by atoms with Gasteiger partial charge < -0.3 is 10.1 Å². The summed E-state index contributed by atoms with van der Waals surface area (Å²) in [5.41, 5.74) is 0.130. The highest BCUT2D eigenvalue weighted by Gasteiger charge is 2.28. The van der Waals surface area contributed by atoms with Crippen LogP contribution in [0.25, 0.3) is 0 Å². The van der Waals surface area contributed by atoms with Crippen LogP contribution in [0.4, 0.5) is 18.9 Å². The van der Waals surface area contributed by atoms with Crippen molar-refractivity contribution in [1.29, 1.82) is 0 Å². The standard InChI is InChI=1S/C13H10Cl2F3N3O2/c14-8-1-2-11(10(15)3-8)23-6-12(22)20-9-4-19-21(5-9)7-13(16,17)18/h1-5H,6-7H2,(H,20,22). The lowest BCUT2D eigenvalue weighted by atomic mass is 10.3. The smallest absolute Gasteiger partial charge is 0.408 e. The first-order valence-corrected chi connectivity index (χ1v) is 6.95. The third kappa shape index (κ3) is 5.65. The number of alkyl halides is 3. The van der Waals surface area contributed by atoms with Crippen LogP contribution in [0.2, 0.25) is 10.0 Å². The molecule has 1 aromatic heterocycles. The van der Waals surface area contributed by atoms with Crippen LogP contribution in [0.15, 0.2) is 30.6 Å². The second-order valence-corrected chi connectivity index (χ2v) is 5.30. The fourth-order valence-electron chi connectivity index (χ4n) is 1.63.